The van der Waals surface area contributed by atoms with Gasteiger partial charge in [0.15, 0.2) is 0 Å². The van der Waals surface area contributed by atoms with Crippen molar-refractivity contribution < 1.29 is 26.4 Å². The molecule has 2 aromatic rings. The summed E-state index contributed by atoms with van der Waals surface area (Å²) in [7, 11) is -4.09. The highest BCUT2D eigenvalue weighted by Gasteiger charge is 2.36. The van der Waals surface area contributed by atoms with Crippen molar-refractivity contribution in [3.05, 3.63) is 64.2 Å². The highest BCUT2D eigenvalue weighted by atomic mass is 35.5. The highest BCUT2D eigenvalue weighted by molar-refractivity contribution is 7.92. The van der Waals surface area contributed by atoms with Crippen LogP contribution in [0, 0.1) is 0 Å². The first-order valence-corrected chi connectivity index (χ1v) is 13.0. The maximum absolute atomic E-state index is 13.3. The summed E-state index contributed by atoms with van der Waals surface area (Å²) in [6.45, 7) is 4.28. The second-order valence-corrected chi connectivity index (χ2v) is 10.6. The van der Waals surface area contributed by atoms with Gasteiger partial charge in [0.25, 0.3) is 0 Å². The lowest BCUT2D eigenvalue weighted by Crippen LogP contribution is -2.47. The third-order valence-electron chi connectivity index (χ3n) is 5.76. The van der Waals surface area contributed by atoms with Crippen molar-refractivity contribution in [1.29, 1.82) is 0 Å². The van der Waals surface area contributed by atoms with Crippen LogP contribution in [0.2, 0.25) is 5.02 Å². The van der Waals surface area contributed by atoms with Crippen LogP contribution in [0.15, 0.2) is 42.5 Å². The number of nitrogens with zero attached hydrogens (tertiary/aromatic N) is 2. The minimum absolute atomic E-state index is 0.166. The quantitative estimate of drug-likeness (QED) is 0.562. The standard InChI is InChI=1S/C23H27ClF3N3O3S/c1-16(30(34(2,32)33)19-9-10-21(24)20(13-19)23(25,26)27)22(31)28-14-17-7-3-4-8-18(17)15-29-11-5-6-12-29/h3-4,7-10,13,16H,5-6,11-12,14-15H2,1-2H3,(H,28,31)/t16-/m0/s1. The van der Waals surface area contributed by atoms with E-state index in [0.717, 1.165) is 62.0 Å². The molecule has 0 bridgehead atoms. The summed E-state index contributed by atoms with van der Waals surface area (Å²) < 4.78 is 65.5. The van der Waals surface area contributed by atoms with Crippen LogP contribution in [0.25, 0.3) is 0 Å². The normalized spacial score (nSPS) is 15.8. The largest absolute Gasteiger partial charge is 0.417 e. The van der Waals surface area contributed by atoms with E-state index >= 15 is 0 Å². The topological polar surface area (TPSA) is 69.7 Å². The van der Waals surface area contributed by atoms with E-state index in [4.69, 9.17) is 11.6 Å². The molecule has 1 aliphatic rings. The van der Waals surface area contributed by atoms with Crippen LogP contribution in [0.1, 0.15) is 36.5 Å². The molecule has 34 heavy (non-hydrogen) atoms. The van der Waals surface area contributed by atoms with Gasteiger partial charge in [-0.1, -0.05) is 35.9 Å². The molecule has 1 amide bonds. The van der Waals surface area contributed by atoms with Gasteiger partial charge in [0.1, 0.15) is 6.04 Å². The first-order chi connectivity index (χ1) is 15.9. The first kappa shape index (κ1) is 26.3. The van der Waals surface area contributed by atoms with Gasteiger partial charge >= 0.3 is 6.18 Å². The Balaban J connectivity index is 1.79. The zero-order chi connectivity index (χ0) is 25.1. The Hall–Kier alpha value is -2.30. The lowest BCUT2D eigenvalue weighted by molar-refractivity contribution is -0.137. The van der Waals surface area contributed by atoms with Gasteiger partial charge in [-0.25, -0.2) is 8.42 Å². The molecule has 1 N–H and O–H groups in total. The summed E-state index contributed by atoms with van der Waals surface area (Å²) in [6.07, 6.45) is -1.64. The van der Waals surface area contributed by atoms with E-state index in [1.807, 2.05) is 24.3 Å². The molecule has 1 fully saturated rings. The molecule has 11 heteroatoms. The number of alkyl halides is 3. The van der Waals surface area contributed by atoms with E-state index in [1.54, 1.807) is 0 Å². The Labute approximate surface area is 202 Å². The molecule has 2 aromatic carbocycles. The number of hydrogen-bond acceptors (Lipinski definition) is 4. The summed E-state index contributed by atoms with van der Waals surface area (Å²) >= 11 is 5.66. The van der Waals surface area contributed by atoms with E-state index in [9.17, 15) is 26.4 Å². The van der Waals surface area contributed by atoms with Crippen LogP contribution < -0.4 is 9.62 Å². The Morgan fingerprint density at radius 1 is 1.15 bits per heavy atom. The van der Waals surface area contributed by atoms with E-state index in [2.05, 4.69) is 10.2 Å². The fourth-order valence-corrected chi connectivity index (χ4v) is 5.46. The van der Waals surface area contributed by atoms with Crippen molar-refractivity contribution in [2.75, 3.05) is 23.7 Å². The number of benzene rings is 2. The molecule has 1 atom stereocenters. The first-order valence-electron chi connectivity index (χ1n) is 10.8. The molecule has 0 radical (unpaired) electrons. The molecule has 186 valence electrons. The molecule has 0 spiro atoms. The van der Waals surface area contributed by atoms with Gasteiger partial charge in [0, 0.05) is 13.1 Å². The Morgan fingerprint density at radius 2 is 1.76 bits per heavy atom. The van der Waals surface area contributed by atoms with Crippen molar-refractivity contribution in [3.8, 4) is 0 Å². The second-order valence-electron chi connectivity index (χ2n) is 8.37. The molecular formula is C23H27ClF3N3O3S. The number of rotatable bonds is 8. The minimum Gasteiger partial charge on any atom is -0.350 e. The number of amides is 1. The minimum atomic E-state index is -4.78. The molecular weight excluding hydrogens is 491 g/mol. The smallest absolute Gasteiger partial charge is 0.350 e. The third-order valence-corrected chi connectivity index (χ3v) is 7.33. The van der Waals surface area contributed by atoms with E-state index in [-0.39, 0.29) is 12.2 Å². The third kappa shape index (κ3) is 6.43. The van der Waals surface area contributed by atoms with Crippen molar-refractivity contribution in [2.24, 2.45) is 0 Å². The summed E-state index contributed by atoms with van der Waals surface area (Å²) in [6, 6.07) is 9.11. The van der Waals surface area contributed by atoms with Crippen LogP contribution in [0.5, 0.6) is 0 Å². The molecule has 1 aliphatic heterocycles. The predicted octanol–water partition coefficient (Wildman–Crippen LogP) is 4.43. The lowest BCUT2D eigenvalue weighted by atomic mass is 10.1. The summed E-state index contributed by atoms with van der Waals surface area (Å²) in [5.41, 5.74) is 0.483. The summed E-state index contributed by atoms with van der Waals surface area (Å²) in [5, 5.41) is 2.17. The number of anilines is 1. The number of carbonyl (C=O) groups is 1. The molecule has 3 rings (SSSR count). The zero-order valence-electron chi connectivity index (χ0n) is 18.9. The van der Waals surface area contributed by atoms with Gasteiger partial charge < -0.3 is 5.32 Å². The highest BCUT2D eigenvalue weighted by Crippen LogP contribution is 2.37. The molecule has 6 nitrogen and oxygen atoms in total. The van der Waals surface area contributed by atoms with Gasteiger partial charge in [-0.05, 0) is 62.2 Å². The van der Waals surface area contributed by atoms with Gasteiger partial charge in [-0.2, -0.15) is 13.2 Å². The average molecular weight is 518 g/mol. The van der Waals surface area contributed by atoms with Crippen molar-refractivity contribution >= 4 is 33.2 Å². The predicted molar refractivity (Wildman–Crippen MR) is 126 cm³/mol. The number of likely N-dealkylation sites (tertiary alicyclic amines) is 1. The van der Waals surface area contributed by atoms with E-state index in [1.165, 1.54) is 6.92 Å². The second kappa shape index (κ2) is 10.5. The van der Waals surface area contributed by atoms with Crippen LogP contribution in [-0.2, 0) is 34.1 Å². The molecule has 1 saturated heterocycles. The number of sulfonamides is 1. The number of nitrogens with one attached hydrogen (secondary N) is 1. The van der Waals surface area contributed by atoms with E-state index < -0.39 is 38.7 Å². The summed E-state index contributed by atoms with van der Waals surface area (Å²) in [5.74, 6) is -0.634. The van der Waals surface area contributed by atoms with E-state index in [0.29, 0.717) is 10.4 Å². The van der Waals surface area contributed by atoms with Gasteiger partial charge in [0.05, 0.1) is 22.5 Å². The van der Waals surface area contributed by atoms with Gasteiger partial charge in [-0.3, -0.25) is 14.0 Å². The maximum Gasteiger partial charge on any atom is 0.417 e. The van der Waals surface area contributed by atoms with Crippen LogP contribution >= 0.6 is 11.6 Å². The summed E-state index contributed by atoms with van der Waals surface area (Å²) in [4.78, 5) is 15.2. The van der Waals surface area contributed by atoms with Crippen LogP contribution in [-0.4, -0.2) is 44.6 Å². The molecule has 0 unspecified atom stereocenters. The lowest BCUT2D eigenvalue weighted by Gasteiger charge is -2.29. The number of carbonyl (C=O) groups excluding carboxylic acids is 1. The Bertz CT molecular complexity index is 1140. The molecule has 0 aromatic heterocycles. The molecule has 0 saturated carbocycles. The van der Waals surface area contributed by atoms with Crippen LogP contribution in [0.4, 0.5) is 18.9 Å². The van der Waals surface area contributed by atoms with Crippen LogP contribution in [0.3, 0.4) is 0 Å². The fraction of sp³-hybridized carbons (Fsp3) is 0.435. The number of hydrogen-bond donors (Lipinski definition) is 1. The Kier molecular flexibility index (Phi) is 8.15. The van der Waals surface area contributed by atoms with Crippen molar-refractivity contribution in [1.82, 2.24) is 10.2 Å². The monoisotopic (exact) mass is 517 g/mol. The SMILES string of the molecule is C[C@@H](C(=O)NCc1ccccc1CN1CCCC1)N(c1ccc(Cl)c(C(F)(F)F)c1)S(C)(=O)=O. The van der Waals surface area contributed by atoms with Crippen molar-refractivity contribution in [3.63, 3.8) is 0 Å². The zero-order valence-corrected chi connectivity index (χ0v) is 20.5. The Morgan fingerprint density at radius 3 is 2.35 bits per heavy atom. The van der Waals surface area contributed by atoms with Crippen molar-refractivity contribution in [2.45, 2.75) is 45.1 Å². The maximum atomic E-state index is 13.3. The molecule has 1 heterocycles. The number of halogens is 4. The average Bonchev–Trinajstić information content (AvgIpc) is 3.25. The fourth-order valence-electron chi connectivity index (χ4n) is 4.07. The molecule has 0 aliphatic carbocycles. The van der Waals surface area contributed by atoms with Gasteiger partial charge in [-0.15, -0.1) is 0 Å². The van der Waals surface area contributed by atoms with Gasteiger partial charge in [0.2, 0.25) is 15.9 Å².